The van der Waals surface area contributed by atoms with E-state index in [1.807, 2.05) is 0 Å². The van der Waals surface area contributed by atoms with Crippen molar-refractivity contribution in [3.8, 4) is 11.4 Å². The number of benzene rings is 1. The Labute approximate surface area is 157 Å². The van der Waals surface area contributed by atoms with Gasteiger partial charge in [0.05, 0.1) is 23.8 Å². The Morgan fingerprint density at radius 1 is 1.22 bits per heavy atom. The molecule has 0 aliphatic carbocycles. The number of rotatable bonds is 4. The summed E-state index contributed by atoms with van der Waals surface area (Å²) < 4.78 is 18.1. The van der Waals surface area contributed by atoms with E-state index in [-0.39, 0.29) is 23.6 Å². The fourth-order valence-corrected chi connectivity index (χ4v) is 3.16. The summed E-state index contributed by atoms with van der Waals surface area (Å²) in [5.41, 5.74) is 1.70. The van der Waals surface area contributed by atoms with Gasteiger partial charge in [0.2, 0.25) is 0 Å². The van der Waals surface area contributed by atoms with E-state index in [2.05, 4.69) is 9.97 Å². The van der Waals surface area contributed by atoms with Crippen LogP contribution in [0.4, 0.5) is 4.39 Å². The predicted molar refractivity (Wildman–Crippen MR) is 97.4 cm³/mol. The molecule has 1 saturated heterocycles. The van der Waals surface area contributed by atoms with E-state index in [0.717, 1.165) is 0 Å². The molecule has 6 nitrogen and oxygen atoms in total. The molecule has 0 saturated carbocycles. The molecule has 0 atom stereocenters. The number of likely N-dealkylation sites (tertiary alicyclic amines) is 1. The van der Waals surface area contributed by atoms with Crippen LogP contribution in [0.5, 0.6) is 0 Å². The van der Waals surface area contributed by atoms with Gasteiger partial charge < -0.3 is 9.64 Å². The maximum atomic E-state index is 13.1. The van der Waals surface area contributed by atoms with Crippen molar-refractivity contribution in [2.75, 3.05) is 19.7 Å². The molecule has 2 aromatic rings. The number of carbonyl (C=O) groups is 2. The van der Waals surface area contributed by atoms with E-state index in [0.29, 0.717) is 55.2 Å². The Balaban J connectivity index is 1.69. The van der Waals surface area contributed by atoms with Crippen LogP contribution in [0.25, 0.3) is 11.4 Å². The zero-order valence-corrected chi connectivity index (χ0v) is 15.4. The molecule has 1 aliphatic rings. The molecule has 1 fully saturated rings. The number of aryl methyl sites for hydroxylation is 1. The van der Waals surface area contributed by atoms with E-state index in [9.17, 15) is 14.0 Å². The minimum absolute atomic E-state index is 0.138. The van der Waals surface area contributed by atoms with Crippen LogP contribution in [0.15, 0.2) is 30.5 Å². The summed E-state index contributed by atoms with van der Waals surface area (Å²) in [7, 11) is 0. The largest absolute Gasteiger partial charge is 0.466 e. The highest BCUT2D eigenvalue weighted by Crippen LogP contribution is 2.22. The van der Waals surface area contributed by atoms with Gasteiger partial charge in [-0.1, -0.05) is 0 Å². The molecule has 2 heterocycles. The molecule has 1 amide bonds. The predicted octanol–water partition coefficient (Wildman–Crippen LogP) is 3.01. The molecule has 1 aromatic carbocycles. The van der Waals surface area contributed by atoms with Crippen molar-refractivity contribution in [2.45, 2.75) is 26.7 Å². The van der Waals surface area contributed by atoms with Crippen LogP contribution >= 0.6 is 0 Å². The van der Waals surface area contributed by atoms with Crippen molar-refractivity contribution >= 4 is 11.9 Å². The molecule has 0 spiro atoms. The number of amides is 1. The maximum absolute atomic E-state index is 13.1. The van der Waals surface area contributed by atoms with E-state index >= 15 is 0 Å². The monoisotopic (exact) mass is 371 g/mol. The molecule has 0 unspecified atom stereocenters. The van der Waals surface area contributed by atoms with Crippen LogP contribution < -0.4 is 0 Å². The first kappa shape index (κ1) is 18.9. The Bertz CT molecular complexity index is 831. The van der Waals surface area contributed by atoms with E-state index in [4.69, 9.17) is 4.74 Å². The average molecular weight is 371 g/mol. The molecule has 0 bridgehead atoms. The molecule has 3 rings (SSSR count). The molecule has 1 aliphatic heterocycles. The van der Waals surface area contributed by atoms with Crippen molar-refractivity contribution in [1.82, 2.24) is 14.9 Å². The first-order valence-corrected chi connectivity index (χ1v) is 9.05. The third-order valence-corrected chi connectivity index (χ3v) is 4.71. The minimum atomic E-state index is -0.325. The van der Waals surface area contributed by atoms with Crippen molar-refractivity contribution in [1.29, 1.82) is 0 Å². The highest BCUT2D eigenvalue weighted by atomic mass is 19.1. The summed E-state index contributed by atoms with van der Waals surface area (Å²) in [5, 5.41) is 0. The lowest BCUT2D eigenvalue weighted by molar-refractivity contribution is -0.149. The highest BCUT2D eigenvalue weighted by Gasteiger charge is 2.29. The molecule has 1 aromatic heterocycles. The SMILES string of the molecule is CCOC(=O)C1CCN(C(=O)c2cnc(-c3ccc(F)cc3)nc2C)CC1. The Kier molecular flexibility index (Phi) is 5.78. The number of piperidine rings is 1. The summed E-state index contributed by atoms with van der Waals surface area (Å²) >= 11 is 0. The zero-order chi connectivity index (χ0) is 19.4. The zero-order valence-electron chi connectivity index (χ0n) is 15.4. The second kappa shape index (κ2) is 8.24. The fraction of sp³-hybridized carbons (Fsp3) is 0.400. The lowest BCUT2D eigenvalue weighted by Crippen LogP contribution is -2.41. The molecular weight excluding hydrogens is 349 g/mol. The van der Waals surface area contributed by atoms with Gasteiger partial charge in [-0.2, -0.15) is 0 Å². The molecule has 0 radical (unpaired) electrons. The van der Waals surface area contributed by atoms with Gasteiger partial charge in [-0.15, -0.1) is 0 Å². The summed E-state index contributed by atoms with van der Waals surface area (Å²) in [5.74, 6) is -0.348. The van der Waals surface area contributed by atoms with E-state index in [1.165, 1.54) is 18.3 Å². The topological polar surface area (TPSA) is 72.4 Å². The summed E-state index contributed by atoms with van der Waals surface area (Å²) in [4.78, 5) is 35.0. The molecule has 0 N–H and O–H groups in total. The van der Waals surface area contributed by atoms with Crippen molar-refractivity contribution in [3.63, 3.8) is 0 Å². The van der Waals surface area contributed by atoms with Crippen LogP contribution in [0.2, 0.25) is 0 Å². The van der Waals surface area contributed by atoms with Crippen LogP contribution in [0, 0.1) is 18.7 Å². The highest BCUT2D eigenvalue weighted by molar-refractivity contribution is 5.95. The van der Waals surface area contributed by atoms with Crippen molar-refractivity contribution < 1.29 is 18.7 Å². The fourth-order valence-electron chi connectivity index (χ4n) is 3.16. The van der Waals surface area contributed by atoms with E-state index < -0.39 is 0 Å². The normalized spacial score (nSPS) is 14.9. The summed E-state index contributed by atoms with van der Waals surface area (Å²) in [6.07, 6.45) is 2.71. The van der Waals surface area contributed by atoms with Gasteiger partial charge in [0.15, 0.2) is 5.82 Å². The first-order chi connectivity index (χ1) is 13.0. The summed E-state index contributed by atoms with van der Waals surface area (Å²) in [6, 6.07) is 5.90. The number of ether oxygens (including phenoxy) is 1. The van der Waals surface area contributed by atoms with Crippen LogP contribution in [0.3, 0.4) is 0 Å². The van der Waals surface area contributed by atoms with Gasteiger partial charge in [-0.25, -0.2) is 14.4 Å². The van der Waals surface area contributed by atoms with Gasteiger partial charge in [0.25, 0.3) is 5.91 Å². The van der Waals surface area contributed by atoms with Crippen molar-refractivity contribution in [3.05, 3.63) is 47.5 Å². The maximum Gasteiger partial charge on any atom is 0.309 e. The average Bonchev–Trinajstić information content (AvgIpc) is 2.68. The van der Waals surface area contributed by atoms with Crippen LogP contribution in [-0.2, 0) is 9.53 Å². The number of nitrogens with zero attached hydrogens (tertiary/aromatic N) is 3. The third kappa shape index (κ3) is 4.30. The standard InChI is InChI=1S/C20H22FN3O3/c1-3-27-20(26)15-8-10-24(11-9-15)19(25)17-12-22-18(23-13(17)2)14-4-6-16(21)7-5-14/h4-7,12,15H,3,8-11H2,1-2H3. The van der Waals surface area contributed by atoms with Crippen LogP contribution in [-0.4, -0.2) is 46.4 Å². The Morgan fingerprint density at radius 2 is 1.89 bits per heavy atom. The number of carbonyl (C=O) groups excluding carboxylic acids is 2. The lowest BCUT2D eigenvalue weighted by atomic mass is 9.96. The number of hydrogen-bond donors (Lipinski definition) is 0. The summed E-state index contributed by atoms with van der Waals surface area (Å²) in [6.45, 7) is 4.92. The van der Waals surface area contributed by atoms with Crippen LogP contribution in [0.1, 0.15) is 35.8 Å². The third-order valence-electron chi connectivity index (χ3n) is 4.71. The number of halogens is 1. The van der Waals surface area contributed by atoms with E-state index in [1.54, 1.807) is 30.9 Å². The van der Waals surface area contributed by atoms with Gasteiger partial charge in [0.1, 0.15) is 5.82 Å². The molecule has 7 heteroatoms. The lowest BCUT2D eigenvalue weighted by Gasteiger charge is -2.31. The molecule has 142 valence electrons. The van der Waals surface area contributed by atoms with Gasteiger partial charge in [-0.3, -0.25) is 9.59 Å². The Morgan fingerprint density at radius 3 is 2.48 bits per heavy atom. The second-order valence-electron chi connectivity index (χ2n) is 6.52. The number of hydrogen-bond acceptors (Lipinski definition) is 5. The quantitative estimate of drug-likeness (QED) is 0.773. The van der Waals surface area contributed by atoms with Crippen molar-refractivity contribution in [2.24, 2.45) is 5.92 Å². The molecular formula is C20H22FN3O3. The Hall–Kier alpha value is -2.83. The second-order valence-corrected chi connectivity index (χ2v) is 6.52. The van der Waals surface area contributed by atoms with Gasteiger partial charge >= 0.3 is 5.97 Å². The minimum Gasteiger partial charge on any atom is -0.466 e. The number of esters is 1. The first-order valence-electron chi connectivity index (χ1n) is 9.05. The smallest absolute Gasteiger partial charge is 0.309 e. The molecule has 27 heavy (non-hydrogen) atoms. The van der Waals surface area contributed by atoms with Gasteiger partial charge in [0, 0.05) is 24.8 Å². The number of aromatic nitrogens is 2. The van der Waals surface area contributed by atoms with Gasteiger partial charge in [-0.05, 0) is 51.0 Å².